The molecule has 0 aliphatic heterocycles. The van der Waals surface area contributed by atoms with Crippen LogP contribution in [0.25, 0.3) is 0 Å². The number of rotatable bonds is 9. The molecular weight excluding hydrogens is 208 g/mol. The lowest BCUT2D eigenvalue weighted by Crippen LogP contribution is -1.81. The molecule has 0 amide bonds. The van der Waals surface area contributed by atoms with Gasteiger partial charge in [0.15, 0.2) is 0 Å². The van der Waals surface area contributed by atoms with Gasteiger partial charge in [0, 0.05) is 0 Å². The third-order valence-electron chi connectivity index (χ3n) is 1.99. The first-order chi connectivity index (χ1) is 6.85. The van der Waals surface area contributed by atoms with Crippen molar-refractivity contribution in [1.82, 2.24) is 0 Å². The first-order valence-electron chi connectivity index (χ1n) is 5.78. The van der Waals surface area contributed by atoms with Crippen LogP contribution in [-0.2, 0) is 0 Å². The van der Waals surface area contributed by atoms with E-state index >= 15 is 0 Å². The Morgan fingerprint density at radius 3 is 2.36 bits per heavy atom. The Kier molecular flexibility index (Phi) is 11.9. The molecule has 0 atom stereocenters. The molecule has 0 aromatic rings. The quantitative estimate of drug-likeness (QED) is 0.494. The van der Waals surface area contributed by atoms with Gasteiger partial charge >= 0.3 is 0 Å². The van der Waals surface area contributed by atoms with Crippen molar-refractivity contribution in [1.29, 1.82) is 0 Å². The number of allylic oxidation sites excluding steroid dienone is 1. The summed E-state index contributed by atoms with van der Waals surface area (Å²) >= 11 is 3.95. The monoisotopic (exact) mass is 232 g/mol. The van der Waals surface area contributed by atoms with Gasteiger partial charge in [0.2, 0.25) is 0 Å². The summed E-state index contributed by atoms with van der Waals surface area (Å²) in [6, 6.07) is 0. The average Bonchev–Trinajstić information content (AvgIpc) is 2.20. The van der Waals surface area contributed by atoms with Crippen LogP contribution in [0.5, 0.6) is 0 Å². The third kappa shape index (κ3) is 9.01. The van der Waals surface area contributed by atoms with Crippen LogP contribution >= 0.6 is 23.5 Å². The molecule has 0 aliphatic carbocycles. The van der Waals surface area contributed by atoms with E-state index in [0.29, 0.717) is 0 Å². The fraction of sp³-hybridized carbons (Fsp3) is 0.833. The fourth-order valence-electron chi connectivity index (χ4n) is 1.25. The third-order valence-corrected chi connectivity index (χ3v) is 3.90. The van der Waals surface area contributed by atoms with Crippen LogP contribution in [0.3, 0.4) is 0 Å². The molecule has 0 unspecified atom stereocenters. The lowest BCUT2D eigenvalue weighted by atomic mass is 10.1. The van der Waals surface area contributed by atoms with E-state index < -0.39 is 0 Å². The zero-order valence-electron chi connectivity index (χ0n) is 9.84. The van der Waals surface area contributed by atoms with Gasteiger partial charge in [-0.25, -0.2) is 0 Å². The van der Waals surface area contributed by atoms with Gasteiger partial charge in [-0.1, -0.05) is 40.0 Å². The molecular formula is C12H24S2. The van der Waals surface area contributed by atoms with Crippen LogP contribution in [0.15, 0.2) is 10.3 Å². The van der Waals surface area contributed by atoms with E-state index in [2.05, 4.69) is 26.2 Å². The van der Waals surface area contributed by atoms with Crippen molar-refractivity contribution in [3.05, 3.63) is 10.3 Å². The molecule has 84 valence electrons. The Bertz CT molecular complexity index is 141. The second-order valence-electron chi connectivity index (χ2n) is 3.28. The van der Waals surface area contributed by atoms with Gasteiger partial charge < -0.3 is 0 Å². The average molecular weight is 232 g/mol. The summed E-state index contributed by atoms with van der Waals surface area (Å²) in [6.45, 7) is 6.72. The van der Waals surface area contributed by atoms with Crippen molar-refractivity contribution < 1.29 is 0 Å². The number of thioether (sulfide) groups is 2. The highest BCUT2D eigenvalue weighted by Crippen LogP contribution is 2.25. The van der Waals surface area contributed by atoms with Crippen molar-refractivity contribution in [2.75, 3.05) is 11.5 Å². The molecule has 0 rings (SSSR count). The van der Waals surface area contributed by atoms with Gasteiger partial charge in [0.25, 0.3) is 0 Å². The maximum atomic E-state index is 2.36. The Morgan fingerprint density at radius 2 is 1.79 bits per heavy atom. The minimum absolute atomic E-state index is 1.20. The first-order valence-corrected chi connectivity index (χ1v) is 7.82. The standard InChI is InChI=1S/C12H24S2/c1-4-7-8-9-10-12(14-6-3)11-13-5-2/h11H,4-10H2,1-3H3/b12-11-. The lowest BCUT2D eigenvalue weighted by molar-refractivity contribution is 0.672. The molecule has 0 nitrogen and oxygen atoms in total. The van der Waals surface area contributed by atoms with Crippen molar-refractivity contribution in [3.63, 3.8) is 0 Å². The van der Waals surface area contributed by atoms with E-state index in [-0.39, 0.29) is 0 Å². The minimum atomic E-state index is 1.20. The predicted octanol–water partition coefficient (Wildman–Crippen LogP) is 5.30. The summed E-state index contributed by atoms with van der Waals surface area (Å²) in [5.74, 6) is 2.41. The van der Waals surface area contributed by atoms with Gasteiger partial charge in [-0.15, -0.1) is 23.5 Å². The predicted molar refractivity (Wildman–Crippen MR) is 73.1 cm³/mol. The Hall–Kier alpha value is 0.440. The molecule has 0 saturated carbocycles. The molecule has 0 radical (unpaired) electrons. The highest BCUT2D eigenvalue weighted by atomic mass is 32.2. The van der Waals surface area contributed by atoms with E-state index in [1.54, 1.807) is 4.91 Å². The van der Waals surface area contributed by atoms with Crippen LogP contribution < -0.4 is 0 Å². The van der Waals surface area contributed by atoms with Crippen molar-refractivity contribution >= 4 is 23.5 Å². The van der Waals surface area contributed by atoms with Gasteiger partial charge in [0.1, 0.15) is 0 Å². The molecule has 0 aromatic heterocycles. The van der Waals surface area contributed by atoms with Gasteiger partial charge in [-0.2, -0.15) is 0 Å². The molecule has 0 heterocycles. The summed E-state index contributed by atoms with van der Waals surface area (Å²) in [5.41, 5.74) is 0. The van der Waals surface area contributed by atoms with E-state index in [4.69, 9.17) is 0 Å². The van der Waals surface area contributed by atoms with Crippen LogP contribution in [0, 0.1) is 0 Å². The highest BCUT2D eigenvalue weighted by Gasteiger charge is 1.97. The second-order valence-corrected chi connectivity index (χ2v) is 5.82. The Labute approximate surface area is 98.3 Å². The zero-order chi connectivity index (χ0) is 10.6. The molecule has 0 saturated heterocycles. The van der Waals surface area contributed by atoms with Gasteiger partial charge in [-0.05, 0) is 34.7 Å². The number of hydrogen-bond donors (Lipinski definition) is 0. The van der Waals surface area contributed by atoms with Crippen molar-refractivity contribution in [2.24, 2.45) is 0 Å². The van der Waals surface area contributed by atoms with E-state index in [1.807, 2.05) is 23.5 Å². The largest absolute Gasteiger partial charge is 0.134 e. The maximum absolute atomic E-state index is 2.36. The van der Waals surface area contributed by atoms with Crippen LogP contribution in [0.2, 0.25) is 0 Å². The molecule has 0 fully saturated rings. The number of unbranched alkanes of at least 4 members (excludes halogenated alkanes) is 3. The SMILES string of the molecule is CCCCCC/C(=C/SCC)SCC. The summed E-state index contributed by atoms with van der Waals surface area (Å²) in [4.78, 5) is 1.59. The van der Waals surface area contributed by atoms with Crippen LogP contribution in [0.1, 0.15) is 52.9 Å². The van der Waals surface area contributed by atoms with Gasteiger partial charge in [0.05, 0.1) is 0 Å². The molecule has 0 aliphatic rings. The summed E-state index contributed by atoms with van der Waals surface area (Å²) in [6.07, 6.45) is 6.80. The van der Waals surface area contributed by atoms with Crippen molar-refractivity contribution in [3.8, 4) is 0 Å². The molecule has 0 N–H and O–H groups in total. The second kappa shape index (κ2) is 11.5. The Morgan fingerprint density at radius 1 is 1.00 bits per heavy atom. The molecule has 2 heteroatoms. The summed E-state index contributed by atoms with van der Waals surface area (Å²) in [5, 5.41) is 2.36. The van der Waals surface area contributed by atoms with E-state index in [1.165, 1.54) is 43.6 Å². The van der Waals surface area contributed by atoms with Crippen molar-refractivity contribution in [2.45, 2.75) is 52.9 Å². The molecule has 0 spiro atoms. The van der Waals surface area contributed by atoms with Crippen LogP contribution in [0.4, 0.5) is 0 Å². The lowest BCUT2D eigenvalue weighted by Gasteiger charge is -2.05. The minimum Gasteiger partial charge on any atom is -0.134 e. The normalized spacial score (nSPS) is 12.1. The topological polar surface area (TPSA) is 0 Å². The molecule has 0 aromatic carbocycles. The maximum Gasteiger partial charge on any atom is -0.00515 e. The zero-order valence-corrected chi connectivity index (χ0v) is 11.5. The summed E-state index contributed by atoms with van der Waals surface area (Å²) < 4.78 is 0. The molecule has 0 bridgehead atoms. The first kappa shape index (κ1) is 14.4. The molecule has 14 heavy (non-hydrogen) atoms. The highest BCUT2D eigenvalue weighted by molar-refractivity contribution is 8.06. The number of hydrogen-bond acceptors (Lipinski definition) is 2. The van der Waals surface area contributed by atoms with Crippen LogP contribution in [-0.4, -0.2) is 11.5 Å². The fourth-order valence-corrected chi connectivity index (χ4v) is 2.86. The van der Waals surface area contributed by atoms with Gasteiger partial charge in [-0.3, -0.25) is 0 Å². The Balaban J connectivity index is 3.61. The summed E-state index contributed by atoms with van der Waals surface area (Å²) in [7, 11) is 0. The smallest absolute Gasteiger partial charge is 0.00515 e. The van der Waals surface area contributed by atoms with E-state index in [0.717, 1.165) is 0 Å². The van der Waals surface area contributed by atoms with E-state index in [9.17, 15) is 0 Å².